The lowest BCUT2D eigenvalue weighted by molar-refractivity contribution is -0.122. The second-order valence-electron chi connectivity index (χ2n) is 6.76. The smallest absolute Gasteiger partial charge is 0.338 e. The van der Waals surface area contributed by atoms with E-state index in [1.54, 1.807) is 45.0 Å². The quantitative estimate of drug-likeness (QED) is 0.779. The molecule has 1 aromatic heterocycles. The van der Waals surface area contributed by atoms with Gasteiger partial charge in [-0.05, 0) is 45.0 Å². The van der Waals surface area contributed by atoms with Crippen molar-refractivity contribution in [3.63, 3.8) is 0 Å². The molecule has 1 aliphatic heterocycles. The number of anilines is 2. The molecule has 1 fully saturated rings. The number of hydrogen-bond donors (Lipinski definition) is 1. The zero-order chi connectivity index (χ0) is 21.1. The molecule has 2 amide bonds. The van der Waals surface area contributed by atoms with Crippen LogP contribution in [0.25, 0.3) is 0 Å². The van der Waals surface area contributed by atoms with Gasteiger partial charge in [0.05, 0.1) is 18.1 Å². The topological polar surface area (TPSA) is 113 Å². The fraction of sp³-hybridized carbons (Fsp3) is 0.333. The van der Waals surface area contributed by atoms with Crippen molar-refractivity contribution in [2.24, 2.45) is 5.92 Å². The Morgan fingerprint density at radius 3 is 2.62 bits per heavy atom. The molecule has 1 N–H and O–H groups in total. The number of benzene rings is 1. The number of carbonyl (C=O) groups is 3. The Labute approximate surface area is 168 Å². The predicted octanol–water partition coefficient (Wildman–Crippen LogP) is 2.94. The van der Waals surface area contributed by atoms with E-state index in [0.29, 0.717) is 22.6 Å². The average Bonchev–Trinajstić information content (AvgIpc) is 3.22. The summed E-state index contributed by atoms with van der Waals surface area (Å²) < 4.78 is 10.4. The Balaban J connectivity index is 1.70. The number of esters is 1. The van der Waals surface area contributed by atoms with Crippen molar-refractivity contribution < 1.29 is 23.5 Å². The van der Waals surface area contributed by atoms with Gasteiger partial charge in [0.25, 0.3) is 0 Å². The van der Waals surface area contributed by atoms with Crippen molar-refractivity contribution in [3.05, 3.63) is 46.7 Å². The Hall–Kier alpha value is -3.60. The van der Waals surface area contributed by atoms with E-state index >= 15 is 0 Å². The van der Waals surface area contributed by atoms with Crippen molar-refractivity contribution in [2.75, 3.05) is 23.4 Å². The minimum atomic E-state index is -0.579. The maximum atomic E-state index is 12.6. The van der Waals surface area contributed by atoms with Crippen LogP contribution in [0.15, 0.2) is 28.7 Å². The van der Waals surface area contributed by atoms with Gasteiger partial charge in [0, 0.05) is 24.2 Å². The van der Waals surface area contributed by atoms with Crippen LogP contribution in [-0.4, -0.2) is 30.9 Å². The van der Waals surface area contributed by atoms with Gasteiger partial charge < -0.3 is 14.1 Å². The van der Waals surface area contributed by atoms with Crippen LogP contribution < -0.4 is 10.2 Å². The van der Waals surface area contributed by atoms with Gasteiger partial charge in [-0.15, -0.1) is 0 Å². The molecular formula is C21H21N3O5. The Morgan fingerprint density at radius 2 is 2.00 bits per heavy atom. The number of nitrogens with one attached hydrogen (secondary N) is 1. The van der Waals surface area contributed by atoms with Crippen LogP contribution in [0.3, 0.4) is 0 Å². The van der Waals surface area contributed by atoms with Gasteiger partial charge in [-0.2, -0.15) is 5.26 Å². The zero-order valence-corrected chi connectivity index (χ0v) is 16.4. The highest BCUT2D eigenvalue weighted by Crippen LogP contribution is 2.29. The summed E-state index contributed by atoms with van der Waals surface area (Å²) in [6.45, 7) is 5.67. The van der Waals surface area contributed by atoms with Crippen molar-refractivity contribution in [1.82, 2.24) is 0 Å². The standard InChI is InChI=1S/C21H21N3O5/c1-4-28-21(27)14-5-7-16(8-6-14)24-11-15(9-18(24)25)19(26)23-20-17(10-22)12(2)13(3)29-20/h5-8,15H,4,9,11H2,1-3H3,(H,23,26). The van der Waals surface area contributed by atoms with E-state index in [0.717, 1.165) is 0 Å². The zero-order valence-electron chi connectivity index (χ0n) is 16.4. The van der Waals surface area contributed by atoms with Gasteiger partial charge in [0.1, 0.15) is 17.4 Å². The normalized spacial score (nSPS) is 15.9. The lowest BCUT2D eigenvalue weighted by Gasteiger charge is -2.17. The van der Waals surface area contributed by atoms with E-state index in [-0.39, 0.29) is 42.8 Å². The molecule has 1 atom stereocenters. The Bertz CT molecular complexity index is 1000. The highest BCUT2D eigenvalue weighted by Gasteiger charge is 2.36. The largest absolute Gasteiger partial charge is 0.462 e. The Kier molecular flexibility index (Phi) is 5.69. The number of rotatable bonds is 5. The van der Waals surface area contributed by atoms with Crippen molar-refractivity contribution in [3.8, 4) is 6.07 Å². The van der Waals surface area contributed by atoms with Crippen LogP contribution in [0, 0.1) is 31.1 Å². The highest BCUT2D eigenvalue weighted by molar-refractivity contribution is 6.03. The highest BCUT2D eigenvalue weighted by atomic mass is 16.5. The van der Waals surface area contributed by atoms with Gasteiger partial charge >= 0.3 is 5.97 Å². The first kappa shape index (κ1) is 20.1. The van der Waals surface area contributed by atoms with E-state index in [2.05, 4.69) is 5.32 Å². The lowest BCUT2D eigenvalue weighted by Crippen LogP contribution is -2.28. The van der Waals surface area contributed by atoms with E-state index in [1.807, 2.05) is 6.07 Å². The third-order valence-corrected chi connectivity index (χ3v) is 4.92. The van der Waals surface area contributed by atoms with Crippen molar-refractivity contribution in [1.29, 1.82) is 5.26 Å². The molecule has 2 aromatic rings. The van der Waals surface area contributed by atoms with Crippen LogP contribution in [0.5, 0.6) is 0 Å². The van der Waals surface area contributed by atoms with E-state index in [4.69, 9.17) is 9.15 Å². The second kappa shape index (κ2) is 8.19. The van der Waals surface area contributed by atoms with Crippen LogP contribution >= 0.6 is 0 Å². The molecular weight excluding hydrogens is 374 g/mol. The molecule has 2 heterocycles. The first-order chi connectivity index (χ1) is 13.8. The second-order valence-corrected chi connectivity index (χ2v) is 6.76. The molecule has 0 bridgehead atoms. The molecule has 8 nitrogen and oxygen atoms in total. The molecule has 150 valence electrons. The number of carbonyl (C=O) groups excluding carboxylic acids is 3. The number of nitrogens with zero attached hydrogens (tertiary/aromatic N) is 2. The molecule has 29 heavy (non-hydrogen) atoms. The summed E-state index contributed by atoms with van der Waals surface area (Å²) >= 11 is 0. The van der Waals surface area contributed by atoms with Gasteiger partial charge in [-0.3, -0.25) is 14.9 Å². The number of aryl methyl sites for hydroxylation is 1. The molecule has 0 radical (unpaired) electrons. The summed E-state index contributed by atoms with van der Waals surface area (Å²) in [5.74, 6) is -0.915. The summed E-state index contributed by atoms with van der Waals surface area (Å²) in [6.07, 6.45) is 0.0476. The number of nitriles is 1. The summed E-state index contributed by atoms with van der Waals surface area (Å²) in [6, 6.07) is 8.49. The average molecular weight is 395 g/mol. The first-order valence-electron chi connectivity index (χ1n) is 9.24. The fourth-order valence-electron chi connectivity index (χ4n) is 3.19. The van der Waals surface area contributed by atoms with E-state index in [1.165, 1.54) is 4.90 Å². The van der Waals surface area contributed by atoms with Crippen LogP contribution in [-0.2, 0) is 14.3 Å². The molecule has 0 aliphatic carbocycles. The molecule has 0 saturated carbocycles. The summed E-state index contributed by atoms with van der Waals surface area (Å²) in [5.41, 5.74) is 1.95. The maximum absolute atomic E-state index is 12.6. The van der Waals surface area contributed by atoms with E-state index in [9.17, 15) is 19.6 Å². The predicted molar refractivity (Wildman–Crippen MR) is 104 cm³/mol. The number of amides is 2. The molecule has 1 saturated heterocycles. The SMILES string of the molecule is CCOC(=O)c1ccc(N2CC(C(=O)Nc3oc(C)c(C)c3C#N)CC2=O)cc1. The van der Waals surface area contributed by atoms with E-state index < -0.39 is 11.9 Å². The minimum absolute atomic E-state index is 0.0476. The maximum Gasteiger partial charge on any atom is 0.338 e. The lowest BCUT2D eigenvalue weighted by atomic mass is 10.1. The van der Waals surface area contributed by atoms with Crippen LogP contribution in [0.2, 0.25) is 0 Å². The van der Waals surface area contributed by atoms with Gasteiger partial charge in [0.2, 0.25) is 17.7 Å². The molecule has 3 rings (SSSR count). The van der Waals surface area contributed by atoms with Gasteiger partial charge in [-0.1, -0.05) is 0 Å². The van der Waals surface area contributed by atoms with Crippen LogP contribution in [0.1, 0.15) is 40.6 Å². The van der Waals surface area contributed by atoms with Crippen molar-refractivity contribution >= 4 is 29.4 Å². The third-order valence-electron chi connectivity index (χ3n) is 4.92. The monoisotopic (exact) mass is 395 g/mol. The number of hydrogen-bond acceptors (Lipinski definition) is 6. The Morgan fingerprint density at radius 1 is 1.31 bits per heavy atom. The number of ether oxygens (including phenoxy) is 1. The van der Waals surface area contributed by atoms with Gasteiger partial charge in [0.15, 0.2) is 0 Å². The summed E-state index contributed by atoms with van der Waals surface area (Å²) in [4.78, 5) is 38.3. The molecule has 1 unspecified atom stereocenters. The van der Waals surface area contributed by atoms with Gasteiger partial charge in [-0.25, -0.2) is 4.79 Å². The molecule has 8 heteroatoms. The molecule has 1 aliphatic rings. The molecule has 0 spiro atoms. The van der Waals surface area contributed by atoms with Crippen LogP contribution in [0.4, 0.5) is 11.6 Å². The molecule has 1 aromatic carbocycles. The fourth-order valence-corrected chi connectivity index (χ4v) is 3.19. The van der Waals surface area contributed by atoms with Crippen molar-refractivity contribution in [2.45, 2.75) is 27.2 Å². The first-order valence-corrected chi connectivity index (χ1v) is 9.24. The number of furan rings is 1. The summed E-state index contributed by atoms with van der Waals surface area (Å²) in [5, 5.41) is 11.9. The summed E-state index contributed by atoms with van der Waals surface area (Å²) in [7, 11) is 0. The third kappa shape index (κ3) is 3.99. The minimum Gasteiger partial charge on any atom is -0.462 e.